The lowest BCUT2D eigenvalue weighted by atomic mass is 10.1. The Bertz CT molecular complexity index is 680. The van der Waals surface area contributed by atoms with E-state index in [0.29, 0.717) is 17.3 Å². The molecule has 5 heteroatoms. The van der Waals surface area contributed by atoms with E-state index in [1.165, 1.54) is 6.07 Å². The van der Waals surface area contributed by atoms with Crippen LogP contribution in [0.4, 0.5) is 0 Å². The predicted molar refractivity (Wildman–Crippen MR) is 81.9 cm³/mol. The summed E-state index contributed by atoms with van der Waals surface area (Å²) >= 11 is 0. The lowest BCUT2D eigenvalue weighted by Crippen LogP contribution is -2.00. The molecule has 1 heterocycles. The largest absolute Gasteiger partial charge is 0.478 e. The van der Waals surface area contributed by atoms with Gasteiger partial charge in [-0.3, -0.25) is 4.21 Å². The second kappa shape index (κ2) is 6.26. The van der Waals surface area contributed by atoms with Gasteiger partial charge in [0.05, 0.1) is 5.75 Å². The summed E-state index contributed by atoms with van der Waals surface area (Å²) in [7, 11) is -1.13. The summed E-state index contributed by atoms with van der Waals surface area (Å²) in [4.78, 5) is 11.0. The molecule has 112 valence electrons. The molecule has 0 amide bonds. The number of aromatic carboxylic acids is 1. The van der Waals surface area contributed by atoms with Gasteiger partial charge in [-0.15, -0.1) is 0 Å². The van der Waals surface area contributed by atoms with E-state index in [1.807, 2.05) is 26.0 Å². The zero-order valence-electron chi connectivity index (χ0n) is 12.3. The molecule has 1 aromatic carbocycles. The highest BCUT2D eigenvalue weighted by atomic mass is 32.2. The van der Waals surface area contributed by atoms with Crippen LogP contribution in [-0.2, 0) is 22.3 Å². The summed E-state index contributed by atoms with van der Waals surface area (Å²) in [5.74, 6) is 0.433. The molecule has 0 spiro atoms. The molecule has 0 fully saturated rings. The molecule has 0 aliphatic heterocycles. The summed E-state index contributed by atoms with van der Waals surface area (Å²) in [5.41, 5.74) is 3.44. The molecule has 0 saturated heterocycles. The van der Waals surface area contributed by atoms with Crippen molar-refractivity contribution in [1.29, 1.82) is 0 Å². The average Bonchev–Trinajstić information content (AvgIpc) is 2.68. The Morgan fingerprint density at radius 2 is 1.71 bits per heavy atom. The van der Waals surface area contributed by atoms with Crippen LogP contribution in [-0.4, -0.2) is 15.3 Å². The van der Waals surface area contributed by atoms with Crippen molar-refractivity contribution in [3.8, 4) is 0 Å². The minimum absolute atomic E-state index is 0.133. The summed E-state index contributed by atoms with van der Waals surface area (Å²) < 4.78 is 17.6. The fourth-order valence-electron chi connectivity index (χ4n) is 2.38. The quantitative estimate of drug-likeness (QED) is 0.920. The molecular weight excluding hydrogens is 288 g/mol. The van der Waals surface area contributed by atoms with Crippen molar-refractivity contribution in [3.63, 3.8) is 0 Å². The number of furan rings is 1. The van der Waals surface area contributed by atoms with Gasteiger partial charge in [-0.1, -0.05) is 29.3 Å². The van der Waals surface area contributed by atoms with Gasteiger partial charge in [0, 0.05) is 16.6 Å². The van der Waals surface area contributed by atoms with Crippen LogP contribution < -0.4 is 0 Å². The van der Waals surface area contributed by atoms with Crippen LogP contribution in [0.25, 0.3) is 0 Å². The minimum Gasteiger partial charge on any atom is -0.478 e. The van der Waals surface area contributed by atoms with Crippen molar-refractivity contribution >= 4 is 16.8 Å². The van der Waals surface area contributed by atoms with Crippen molar-refractivity contribution < 1.29 is 18.5 Å². The molecule has 0 radical (unpaired) electrons. The van der Waals surface area contributed by atoms with Crippen LogP contribution >= 0.6 is 0 Å². The first kappa shape index (κ1) is 15.5. The van der Waals surface area contributed by atoms with E-state index < -0.39 is 16.8 Å². The molecule has 0 aliphatic rings. The van der Waals surface area contributed by atoms with E-state index in [1.54, 1.807) is 6.92 Å². The van der Waals surface area contributed by atoms with Gasteiger partial charge in [0.1, 0.15) is 17.1 Å². The van der Waals surface area contributed by atoms with E-state index in [2.05, 4.69) is 6.07 Å². The van der Waals surface area contributed by atoms with Crippen molar-refractivity contribution in [2.75, 3.05) is 0 Å². The Kier molecular flexibility index (Phi) is 4.63. The number of carbonyl (C=O) groups is 1. The highest BCUT2D eigenvalue weighted by molar-refractivity contribution is 7.83. The summed E-state index contributed by atoms with van der Waals surface area (Å²) in [6, 6.07) is 7.56. The van der Waals surface area contributed by atoms with Gasteiger partial charge in [0.15, 0.2) is 0 Å². The number of carboxylic acid groups (broad SMARTS) is 1. The lowest BCUT2D eigenvalue weighted by Gasteiger charge is -2.04. The van der Waals surface area contributed by atoms with Crippen molar-refractivity contribution in [3.05, 3.63) is 58.0 Å². The van der Waals surface area contributed by atoms with Crippen molar-refractivity contribution in [2.24, 2.45) is 0 Å². The third-order valence-electron chi connectivity index (χ3n) is 3.11. The van der Waals surface area contributed by atoms with Gasteiger partial charge in [-0.05, 0) is 32.4 Å². The van der Waals surface area contributed by atoms with E-state index in [4.69, 9.17) is 9.52 Å². The van der Waals surface area contributed by atoms with Crippen LogP contribution in [0.15, 0.2) is 28.7 Å². The first-order valence-corrected chi connectivity index (χ1v) is 8.08. The summed E-state index contributed by atoms with van der Waals surface area (Å²) in [6.45, 7) is 5.61. The number of rotatable bonds is 5. The molecule has 2 aromatic rings. The number of hydrogen-bond donors (Lipinski definition) is 1. The van der Waals surface area contributed by atoms with Crippen LogP contribution in [0.5, 0.6) is 0 Å². The topological polar surface area (TPSA) is 67.5 Å². The molecule has 0 aliphatic carbocycles. The van der Waals surface area contributed by atoms with Crippen LogP contribution in [0, 0.1) is 20.8 Å². The monoisotopic (exact) mass is 306 g/mol. The average molecular weight is 306 g/mol. The maximum absolute atomic E-state index is 12.2. The fourth-order valence-corrected chi connectivity index (χ4v) is 3.48. The Hall–Kier alpha value is -1.88. The molecule has 21 heavy (non-hydrogen) atoms. The number of carboxylic acids is 1. The first-order chi connectivity index (χ1) is 9.85. The van der Waals surface area contributed by atoms with Crippen LogP contribution in [0.2, 0.25) is 0 Å². The molecule has 1 atom stereocenters. The molecule has 1 N–H and O–H groups in total. The van der Waals surface area contributed by atoms with Crippen LogP contribution in [0.3, 0.4) is 0 Å². The van der Waals surface area contributed by atoms with Gasteiger partial charge < -0.3 is 9.52 Å². The number of aryl methyl sites for hydroxylation is 3. The Labute approximate surface area is 126 Å². The Morgan fingerprint density at radius 3 is 2.24 bits per heavy atom. The molecule has 0 bridgehead atoms. The van der Waals surface area contributed by atoms with Gasteiger partial charge in [-0.25, -0.2) is 4.79 Å². The third-order valence-corrected chi connectivity index (χ3v) is 4.37. The van der Waals surface area contributed by atoms with Gasteiger partial charge in [-0.2, -0.15) is 0 Å². The summed E-state index contributed by atoms with van der Waals surface area (Å²) in [5, 5.41) is 8.97. The molecular formula is C16H18O4S. The minimum atomic E-state index is -1.13. The smallest absolute Gasteiger partial charge is 0.339 e. The van der Waals surface area contributed by atoms with Crippen molar-refractivity contribution in [2.45, 2.75) is 32.3 Å². The SMILES string of the molecule is Cc1cc(C)cc(CS(=O)Cc2cc(C(=O)O)c(C)o2)c1. The second-order valence-corrected chi connectivity index (χ2v) is 6.67. The van der Waals surface area contributed by atoms with Crippen molar-refractivity contribution in [1.82, 2.24) is 0 Å². The zero-order valence-corrected chi connectivity index (χ0v) is 13.1. The Balaban J connectivity index is 2.08. The highest BCUT2D eigenvalue weighted by Crippen LogP contribution is 2.18. The van der Waals surface area contributed by atoms with E-state index >= 15 is 0 Å². The fraction of sp³-hybridized carbons (Fsp3) is 0.312. The normalized spacial score (nSPS) is 12.3. The number of hydrogen-bond acceptors (Lipinski definition) is 3. The maximum atomic E-state index is 12.2. The maximum Gasteiger partial charge on any atom is 0.339 e. The molecule has 4 nitrogen and oxygen atoms in total. The third kappa shape index (κ3) is 4.04. The van der Waals surface area contributed by atoms with Gasteiger partial charge in [0.25, 0.3) is 0 Å². The van der Waals surface area contributed by atoms with E-state index in [-0.39, 0.29) is 11.3 Å². The van der Waals surface area contributed by atoms with Gasteiger partial charge in [0.2, 0.25) is 0 Å². The van der Waals surface area contributed by atoms with E-state index in [0.717, 1.165) is 16.7 Å². The second-order valence-electron chi connectivity index (χ2n) is 5.21. The van der Waals surface area contributed by atoms with Gasteiger partial charge >= 0.3 is 5.97 Å². The molecule has 2 rings (SSSR count). The zero-order chi connectivity index (χ0) is 15.6. The summed E-state index contributed by atoms with van der Waals surface area (Å²) in [6.07, 6.45) is 0. The molecule has 0 saturated carbocycles. The Morgan fingerprint density at radius 1 is 1.10 bits per heavy atom. The van der Waals surface area contributed by atoms with E-state index in [9.17, 15) is 9.00 Å². The first-order valence-electron chi connectivity index (χ1n) is 6.60. The molecule has 1 unspecified atom stereocenters. The standard InChI is InChI=1S/C16H18O4S/c1-10-4-11(2)6-13(5-10)8-21(19)9-14-7-15(16(17)18)12(3)20-14/h4-7H,8-9H2,1-3H3,(H,17,18). The molecule has 1 aromatic heterocycles. The number of benzene rings is 1. The lowest BCUT2D eigenvalue weighted by molar-refractivity contribution is 0.0695. The highest BCUT2D eigenvalue weighted by Gasteiger charge is 2.15. The van der Waals surface area contributed by atoms with Crippen LogP contribution in [0.1, 0.15) is 38.6 Å². The predicted octanol–water partition coefficient (Wildman–Crippen LogP) is 3.35.